The zero-order chi connectivity index (χ0) is 28.0. The van der Waals surface area contributed by atoms with E-state index in [4.69, 9.17) is 4.74 Å². The number of rotatable bonds is 11. The van der Waals surface area contributed by atoms with E-state index in [1.165, 1.54) is 0 Å². The maximum Gasteiger partial charge on any atom is 0.422 e. The van der Waals surface area contributed by atoms with Crippen molar-refractivity contribution in [1.82, 2.24) is 4.98 Å². The van der Waals surface area contributed by atoms with Crippen molar-refractivity contribution >= 4 is 10.8 Å². The van der Waals surface area contributed by atoms with Gasteiger partial charge in [0.1, 0.15) is 11.6 Å². The van der Waals surface area contributed by atoms with Crippen molar-refractivity contribution < 1.29 is 35.8 Å². The molecule has 0 atom stereocenters. The number of alkyl halides is 3. The fourth-order valence-corrected chi connectivity index (χ4v) is 4.20. The Morgan fingerprint density at radius 3 is 2.26 bits per heavy atom. The van der Waals surface area contributed by atoms with Gasteiger partial charge in [-0.3, -0.25) is 4.98 Å². The molecule has 0 saturated carbocycles. The largest absolute Gasteiger partial charge is 0.492 e. The molecule has 4 rings (SSSR count). The second-order valence-electron chi connectivity index (χ2n) is 9.20. The van der Waals surface area contributed by atoms with Crippen LogP contribution in [0.3, 0.4) is 0 Å². The maximum absolute atomic E-state index is 15.3. The van der Waals surface area contributed by atoms with E-state index < -0.39 is 36.0 Å². The molecule has 0 aliphatic heterocycles. The van der Waals surface area contributed by atoms with Crippen molar-refractivity contribution in [2.75, 3.05) is 13.2 Å². The number of benzene rings is 3. The van der Waals surface area contributed by atoms with Crippen molar-refractivity contribution in [2.45, 2.75) is 45.2 Å². The van der Waals surface area contributed by atoms with Gasteiger partial charge in [0.15, 0.2) is 24.0 Å². The molecule has 0 unspecified atom stereocenters. The Hall–Kier alpha value is -3.75. The quantitative estimate of drug-likeness (QED) is 0.139. The molecule has 4 aromatic rings. The highest BCUT2D eigenvalue weighted by Crippen LogP contribution is 2.29. The summed E-state index contributed by atoms with van der Waals surface area (Å²) < 4.78 is 90.5. The lowest BCUT2D eigenvalue weighted by atomic mass is 9.98. The van der Waals surface area contributed by atoms with Crippen molar-refractivity contribution in [2.24, 2.45) is 0 Å². The third-order valence-electron chi connectivity index (χ3n) is 6.20. The summed E-state index contributed by atoms with van der Waals surface area (Å²) in [6.07, 6.45) is 0.347. The molecule has 0 bridgehead atoms. The van der Waals surface area contributed by atoms with E-state index >= 15 is 4.39 Å². The third-order valence-corrected chi connectivity index (χ3v) is 6.20. The molecule has 3 nitrogen and oxygen atoms in total. The van der Waals surface area contributed by atoms with Gasteiger partial charge in [-0.1, -0.05) is 44.0 Å². The van der Waals surface area contributed by atoms with Crippen LogP contribution in [-0.4, -0.2) is 24.4 Å². The van der Waals surface area contributed by atoms with Crippen LogP contribution in [0.4, 0.5) is 26.3 Å². The Morgan fingerprint density at radius 2 is 1.59 bits per heavy atom. The highest BCUT2D eigenvalue weighted by molar-refractivity contribution is 5.88. The van der Waals surface area contributed by atoms with Crippen LogP contribution in [0.15, 0.2) is 60.8 Å². The van der Waals surface area contributed by atoms with E-state index in [0.717, 1.165) is 37.0 Å². The molecule has 206 valence electrons. The topological polar surface area (TPSA) is 31.4 Å². The van der Waals surface area contributed by atoms with Gasteiger partial charge >= 0.3 is 6.18 Å². The smallest absolute Gasteiger partial charge is 0.422 e. The first-order valence-corrected chi connectivity index (χ1v) is 12.6. The summed E-state index contributed by atoms with van der Waals surface area (Å²) in [5.74, 6) is -3.34. The summed E-state index contributed by atoms with van der Waals surface area (Å²) in [6.45, 7) is 0.958. The summed E-state index contributed by atoms with van der Waals surface area (Å²) >= 11 is 0. The molecule has 0 fully saturated rings. The van der Waals surface area contributed by atoms with Gasteiger partial charge in [0, 0.05) is 10.9 Å². The summed E-state index contributed by atoms with van der Waals surface area (Å²) in [4.78, 5) is 4.46. The molecule has 0 aliphatic rings. The first-order chi connectivity index (χ1) is 18.6. The van der Waals surface area contributed by atoms with Gasteiger partial charge in [0.2, 0.25) is 0 Å². The Morgan fingerprint density at radius 1 is 0.821 bits per heavy atom. The van der Waals surface area contributed by atoms with Gasteiger partial charge in [-0.25, -0.2) is 13.2 Å². The van der Waals surface area contributed by atoms with E-state index in [0.29, 0.717) is 34.4 Å². The Balaban J connectivity index is 1.44. The number of unbranched alkanes of at least 4 members (excludes halogenated alkanes) is 2. The molecule has 1 heterocycles. The Bertz CT molecular complexity index is 1400. The lowest BCUT2D eigenvalue weighted by Crippen LogP contribution is -2.20. The van der Waals surface area contributed by atoms with E-state index in [2.05, 4.69) is 16.6 Å². The normalized spacial score (nSPS) is 11.7. The standard InChI is InChI=1S/C30H27F6NO2/c1-2-3-4-13-38-23-10-12-27(37-17-23)22-9-11-24-21(16-22)8-7-20(28(24)33)6-5-19-14-25(31)29(26(32)15-19)39-18-30(34,35)36/h7-12,14-17H,2-6,13,18H2,1H3. The molecule has 9 heteroatoms. The van der Waals surface area contributed by atoms with Crippen LogP contribution in [0.1, 0.15) is 37.3 Å². The minimum Gasteiger partial charge on any atom is -0.492 e. The molecule has 0 spiro atoms. The fraction of sp³-hybridized carbons (Fsp3) is 0.300. The van der Waals surface area contributed by atoms with Gasteiger partial charge < -0.3 is 9.47 Å². The van der Waals surface area contributed by atoms with Gasteiger partial charge in [-0.05, 0) is 66.1 Å². The van der Waals surface area contributed by atoms with Crippen LogP contribution in [0.5, 0.6) is 11.5 Å². The van der Waals surface area contributed by atoms with Gasteiger partial charge in [0.05, 0.1) is 18.5 Å². The minimum absolute atomic E-state index is 0.0741. The van der Waals surface area contributed by atoms with Crippen LogP contribution in [0.25, 0.3) is 22.0 Å². The molecule has 0 N–H and O–H groups in total. The van der Waals surface area contributed by atoms with Crippen LogP contribution in [0, 0.1) is 17.5 Å². The highest BCUT2D eigenvalue weighted by atomic mass is 19.4. The number of hydrogen-bond donors (Lipinski definition) is 0. The molecule has 3 aromatic carbocycles. The van der Waals surface area contributed by atoms with Gasteiger partial charge in [-0.2, -0.15) is 13.2 Å². The summed E-state index contributed by atoms with van der Waals surface area (Å²) in [5, 5.41) is 1.05. The number of nitrogens with zero attached hydrogens (tertiary/aromatic N) is 1. The molecule has 1 aromatic heterocycles. The second kappa shape index (κ2) is 12.4. The van der Waals surface area contributed by atoms with Crippen LogP contribution in [0.2, 0.25) is 0 Å². The molecule has 0 amide bonds. The molecule has 0 aliphatic carbocycles. The van der Waals surface area contributed by atoms with E-state index in [-0.39, 0.29) is 18.4 Å². The molecule has 0 saturated heterocycles. The van der Waals surface area contributed by atoms with Crippen molar-refractivity contribution in [1.29, 1.82) is 0 Å². The first kappa shape index (κ1) is 28.3. The number of aromatic nitrogens is 1. The second-order valence-corrected chi connectivity index (χ2v) is 9.20. The molecular weight excluding hydrogens is 520 g/mol. The number of ether oxygens (including phenoxy) is 2. The monoisotopic (exact) mass is 547 g/mol. The number of fused-ring (bicyclic) bond motifs is 1. The predicted octanol–water partition coefficient (Wildman–Crippen LogP) is 8.61. The van der Waals surface area contributed by atoms with E-state index in [1.807, 2.05) is 18.2 Å². The van der Waals surface area contributed by atoms with Gasteiger partial charge in [0.25, 0.3) is 0 Å². The van der Waals surface area contributed by atoms with Crippen LogP contribution >= 0.6 is 0 Å². The van der Waals surface area contributed by atoms with Crippen molar-refractivity contribution in [3.05, 3.63) is 89.4 Å². The first-order valence-electron chi connectivity index (χ1n) is 12.6. The van der Waals surface area contributed by atoms with E-state index in [9.17, 15) is 22.0 Å². The highest BCUT2D eigenvalue weighted by Gasteiger charge is 2.30. The average Bonchev–Trinajstić information content (AvgIpc) is 2.90. The summed E-state index contributed by atoms with van der Waals surface area (Å²) in [7, 11) is 0. The maximum atomic E-state index is 15.3. The molecular formula is C30H27F6NO2. The Labute approximate surface area is 222 Å². The SMILES string of the molecule is CCCCCOc1ccc(-c2ccc3c(F)c(CCc4cc(F)c(OCC(F)(F)F)c(F)c4)ccc3c2)nc1. The number of pyridine rings is 1. The zero-order valence-electron chi connectivity index (χ0n) is 21.3. The van der Waals surface area contributed by atoms with Crippen LogP contribution in [-0.2, 0) is 12.8 Å². The van der Waals surface area contributed by atoms with E-state index in [1.54, 1.807) is 30.5 Å². The summed E-state index contributed by atoms with van der Waals surface area (Å²) in [6, 6.07) is 14.1. The lowest BCUT2D eigenvalue weighted by Gasteiger charge is -2.12. The fourth-order valence-electron chi connectivity index (χ4n) is 4.20. The number of aryl methyl sites for hydroxylation is 2. The predicted molar refractivity (Wildman–Crippen MR) is 137 cm³/mol. The average molecular weight is 548 g/mol. The summed E-state index contributed by atoms with van der Waals surface area (Å²) in [5.41, 5.74) is 2.04. The Kier molecular flexibility index (Phi) is 8.99. The van der Waals surface area contributed by atoms with Crippen molar-refractivity contribution in [3.8, 4) is 22.8 Å². The lowest BCUT2D eigenvalue weighted by molar-refractivity contribution is -0.154. The van der Waals surface area contributed by atoms with Crippen molar-refractivity contribution in [3.63, 3.8) is 0 Å². The van der Waals surface area contributed by atoms with Crippen LogP contribution < -0.4 is 9.47 Å². The molecule has 0 radical (unpaired) electrons. The minimum atomic E-state index is -4.73. The number of hydrogen-bond acceptors (Lipinski definition) is 3. The van der Waals surface area contributed by atoms with Gasteiger partial charge in [-0.15, -0.1) is 0 Å². The molecule has 39 heavy (non-hydrogen) atoms. The zero-order valence-corrected chi connectivity index (χ0v) is 21.3. The number of halogens is 6. The third kappa shape index (κ3) is 7.43.